The number of hydrogen-bond acceptors (Lipinski definition) is 4. The van der Waals surface area contributed by atoms with E-state index in [2.05, 4.69) is 9.97 Å². The molecular formula is C19H13FN2OS2. The van der Waals surface area contributed by atoms with Crippen molar-refractivity contribution in [2.75, 3.05) is 0 Å². The van der Waals surface area contributed by atoms with E-state index in [1.165, 1.54) is 35.2 Å². The van der Waals surface area contributed by atoms with Crippen LogP contribution >= 0.6 is 23.1 Å². The molecule has 0 saturated carbocycles. The first-order chi connectivity index (χ1) is 12.2. The fraction of sp³-hybridized carbons (Fsp3) is 0.0526. The van der Waals surface area contributed by atoms with E-state index >= 15 is 0 Å². The molecule has 0 atom stereocenters. The molecule has 3 nitrogen and oxygen atoms in total. The lowest BCUT2D eigenvalue weighted by atomic mass is 10.2. The van der Waals surface area contributed by atoms with E-state index in [0.29, 0.717) is 21.1 Å². The van der Waals surface area contributed by atoms with Crippen molar-refractivity contribution < 1.29 is 4.39 Å². The zero-order chi connectivity index (χ0) is 17.2. The van der Waals surface area contributed by atoms with Crippen LogP contribution in [-0.2, 0) is 5.75 Å². The molecule has 4 rings (SSSR count). The number of aromatic nitrogens is 2. The molecule has 2 heterocycles. The van der Waals surface area contributed by atoms with Gasteiger partial charge in [-0.25, -0.2) is 9.37 Å². The molecular weight excluding hydrogens is 355 g/mol. The van der Waals surface area contributed by atoms with E-state index in [0.717, 1.165) is 16.0 Å². The highest BCUT2D eigenvalue weighted by atomic mass is 32.2. The van der Waals surface area contributed by atoms with Crippen molar-refractivity contribution in [3.05, 3.63) is 82.4 Å². The van der Waals surface area contributed by atoms with Gasteiger partial charge in [-0.3, -0.25) is 4.79 Å². The number of fused-ring (bicyclic) bond motifs is 1. The van der Waals surface area contributed by atoms with Crippen molar-refractivity contribution in [1.82, 2.24) is 9.97 Å². The number of rotatable bonds is 4. The maximum absolute atomic E-state index is 13.2. The van der Waals surface area contributed by atoms with Crippen LogP contribution < -0.4 is 5.56 Å². The van der Waals surface area contributed by atoms with E-state index in [-0.39, 0.29) is 11.4 Å². The van der Waals surface area contributed by atoms with Crippen molar-refractivity contribution >= 4 is 33.3 Å². The van der Waals surface area contributed by atoms with Gasteiger partial charge in [-0.1, -0.05) is 54.2 Å². The first-order valence-corrected chi connectivity index (χ1v) is 9.46. The van der Waals surface area contributed by atoms with E-state index in [1.54, 1.807) is 6.07 Å². The monoisotopic (exact) mass is 368 g/mol. The number of nitrogens with zero attached hydrogens (tertiary/aromatic N) is 1. The molecule has 2 aromatic heterocycles. The SMILES string of the molecule is O=c1[nH]c(SCc2cccc(F)c2)nc2sc(-c3ccccc3)cc12. The van der Waals surface area contributed by atoms with E-state index in [9.17, 15) is 9.18 Å². The zero-order valence-corrected chi connectivity index (χ0v) is 14.7. The van der Waals surface area contributed by atoms with Crippen LogP contribution in [0.2, 0.25) is 0 Å². The number of H-pyrrole nitrogens is 1. The predicted molar refractivity (Wildman–Crippen MR) is 102 cm³/mol. The summed E-state index contributed by atoms with van der Waals surface area (Å²) in [5.74, 6) is 0.282. The highest BCUT2D eigenvalue weighted by Crippen LogP contribution is 2.31. The Bertz CT molecular complexity index is 1090. The van der Waals surface area contributed by atoms with Gasteiger partial charge in [-0.15, -0.1) is 11.3 Å². The average Bonchev–Trinajstić information content (AvgIpc) is 3.06. The van der Waals surface area contributed by atoms with Crippen LogP contribution in [0.15, 0.2) is 70.6 Å². The third-order valence-electron chi connectivity index (χ3n) is 3.70. The lowest BCUT2D eigenvalue weighted by Crippen LogP contribution is -2.07. The minimum atomic E-state index is -0.263. The lowest BCUT2D eigenvalue weighted by molar-refractivity contribution is 0.626. The van der Waals surface area contributed by atoms with Crippen LogP contribution in [0.1, 0.15) is 5.56 Å². The first-order valence-electron chi connectivity index (χ1n) is 7.65. The minimum Gasteiger partial charge on any atom is -0.301 e. The summed E-state index contributed by atoms with van der Waals surface area (Å²) in [7, 11) is 0. The molecule has 0 aliphatic rings. The van der Waals surface area contributed by atoms with E-state index in [4.69, 9.17) is 0 Å². The van der Waals surface area contributed by atoms with Gasteiger partial charge >= 0.3 is 0 Å². The quantitative estimate of drug-likeness (QED) is 0.403. The summed E-state index contributed by atoms with van der Waals surface area (Å²) in [4.78, 5) is 21.4. The van der Waals surface area contributed by atoms with Gasteiger partial charge in [0.1, 0.15) is 10.6 Å². The molecule has 4 aromatic rings. The number of nitrogens with one attached hydrogen (secondary N) is 1. The summed E-state index contributed by atoms with van der Waals surface area (Å²) in [6.07, 6.45) is 0. The van der Waals surface area contributed by atoms with Crippen LogP contribution in [-0.4, -0.2) is 9.97 Å². The van der Waals surface area contributed by atoms with Crippen molar-refractivity contribution in [2.24, 2.45) is 0 Å². The number of hydrogen-bond donors (Lipinski definition) is 1. The standard InChI is InChI=1S/C19H13FN2OS2/c20-14-8-4-5-12(9-14)11-24-19-21-17(23)15-10-16(25-18(15)22-19)13-6-2-1-3-7-13/h1-10H,11H2,(H,21,22,23). The normalized spacial score (nSPS) is 11.1. The average molecular weight is 368 g/mol. The molecule has 0 bridgehead atoms. The molecule has 0 aliphatic heterocycles. The van der Waals surface area contributed by atoms with Gasteiger partial charge in [0.05, 0.1) is 5.39 Å². The lowest BCUT2D eigenvalue weighted by Gasteiger charge is -2.01. The number of benzene rings is 2. The topological polar surface area (TPSA) is 45.8 Å². The van der Waals surface area contributed by atoms with Gasteiger partial charge < -0.3 is 4.98 Å². The Balaban J connectivity index is 1.64. The number of thiophene rings is 1. The molecule has 25 heavy (non-hydrogen) atoms. The van der Waals surface area contributed by atoms with Crippen LogP contribution in [0, 0.1) is 5.82 Å². The Morgan fingerprint density at radius 2 is 1.92 bits per heavy atom. The van der Waals surface area contributed by atoms with Crippen molar-refractivity contribution in [1.29, 1.82) is 0 Å². The number of thioether (sulfide) groups is 1. The van der Waals surface area contributed by atoms with Crippen LogP contribution in [0.25, 0.3) is 20.7 Å². The minimum absolute atomic E-state index is 0.148. The fourth-order valence-corrected chi connectivity index (χ4v) is 4.40. The molecule has 0 aliphatic carbocycles. The first kappa shape index (κ1) is 16.1. The summed E-state index contributed by atoms with van der Waals surface area (Å²) in [5.41, 5.74) is 1.77. The van der Waals surface area contributed by atoms with Gasteiger partial charge in [0.2, 0.25) is 0 Å². The van der Waals surface area contributed by atoms with Gasteiger partial charge in [-0.05, 0) is 29.3 Å². The summed E-state index contributed by atoms with van der Waals surface area (Å²) < 4.78 is 13.2. The molecule has 0 spiro atoms. The highest BCUT2D eigenvalue weighted by Gasteiger charge is 2.10. The Hall–Kier alpha value is -2.44. The van der Waals surface area contributed by atoms with Gasteiger partial charge in [-0.2, -0.15) is 0 Å². The number of aromatic amines is 1. The van der Waals surface area contributed by atoms with Crippen LogP contribution in [0.3, 0.4) is 0 Å². The fourth-order valence-electron chi connectivity index (χ4n) is 2.50. The molecule has 2 aromatic carbocycles. The van der Waals surface area contributed by atoms with Crippen LogP contribution in [0.5, 0.6) is 0 Å². The third kappa shape index (κ3) is 3.50. The second kappa shape index (κ2) is 6.82. The summed E-state index contributed by atoms with van der Waals surface area (Å²) >= 11 is 2.89. The second-order valence-electron chi connectivity index (χ2n) is 5.49. The Kier molecular flexibility index (Phi) is 4.38. The Morgan fingerprint density at radius 1 is 1.08 bits per heavy atom. The van der Waals surface area contributed by atoms with Crippen molar-refractivity contribution in [2.45, 2.75) is 10.9 Å². The van der Waals surface area contributed by atoms with E-state index in [1.807, 2.05) is 42.5 Å². The molecule has 0 radical (unpaired) electrons. The molecule has 0 unspecified atom stereocenters. The molecule has 0 amide bonds. The Morgan fingerprint density at radius 3 is 2.72 bits per heavy atom. The molecule has 6 heteroatoms. The van der Waals surface area contributed by atoms with Crippen LogP contribution in [0.4, 0.5) is 4.39 Å². The van der Waals surface area contributed by atoms with Crippen molar-refractivity contribution in [3.8, 4) is 10.4 Å². The predicted octanol–water partition coefficient (Wildman–Crippen LogP) is 5.08. The molecule has 124 valence electrons. The van der Waals surface area contributed by atoms with E-state index < -0.39 is 0 Å². The van der Waals surface area contributed by atoms with Gasteiger partial charge in [0.25, 0.3) is 5.56 Å². The van der Waals surface area contributed by atoms with Crippen molar-refractivity contribution in [3.63, 3.8) is 0 Å². The summed E-state index contributed by atoms with van der Waals surface area (Å²) in [6.45, 7) is 0. The molecule has 0 fully saturated rings. The molecule has 1 N–H and O–H groups in total. The summed E-state index contributed by atoms with van der Waals surface area (Å²) in [5, 5.41) is 1.14. The highest BCUT2D eigenvalue weighted by molar-refractivity contribution is 7.98. The van der Waals surface area contributed by atoms with Gasteiger partial charge in [0, 0.05) is 10.6 Å². The summed E-state index contributed by atoms with van der Waals surface area (Å²) in [6, 6.07) is 18.2. The molecule has 0 saturated heterocycles. The maximum Gasteiger partial charge on any atom is 0.260 e. The maximum atomic E-state index is 13.2. The van der Waals surface area contributed by atoms with Gasteiger partial charge in [0.15, 0.2) is 5.16 Å². The number of halogens is 1. The Labute approximate surface area is 151 Å². The third-order valence-corrected chi connectivity index (χ3v) is 5.73. The second-order valence-corrected chi connectivity index (χ2v) is 7.48. The smallest absolute Gasteiger partial charge is 0.260 e. The largest absolute Gasteiger partial charge is 0.301 e. The zero-order valence-electron chi connectivity index (χ0n) is 13.0.